The van der Waals surface area contributed by atoms with Crippen LogP contribution in [0.5, 0.6) is 5.75 Å². The zero-order valence-electron chi connectivity index (χ0n) is 8.84. The minimum Gasteiger partial charge on any atom is -0.487 e. The van der Waals surface area contributed by atoms with Gasteiger partial charge < -0.3 is 10.1 Å². The number of nitrogens with one attached hydrogen (secondary N) is 1. The molecule has 0 aliphatic rings. The Morgan fingerprint density at radius 1 is 1.33 bits per heavy atom. The normalized spacial score (nSPS) is 12.9. The van der Waals surface area contributed by atoms with E-state index in [9.17, 15) is 8.78 Å². The maximum Gasteiger partial charge on any atom is 0.272 e. The van der Waals surface area contributed by atoms with E-state index < -0.39 is 13.0 Å². The summed E-state index contributed by atoms with van der Waals surface area (Å²) in [7, 11) is 1.81. The summed E-state index contributed by atoms with van der Waals surface area (Å²) in [6, 6.07) is 7.28. The zero-order chi connectivity index (χ0) is 11.3. The molecule has 0 heterocycles. The number of rotatable bonds is 5. The van der Waals surface area contributed by atoms with Crippen molar-refractivity contribution < 1.29 is 13.5 Å². The van der Waals surface area contributed by atoms with E-state index in [4.69, 9.17) is 4.74 Å². The van der Waals surface area contributed by atoms with Crippen molar-refractivity contribution in [3.63, 3.8) is 0 Å². The van der Waals surface area contributed by atoms with E-state index in [2.05, 4.69) is 5.32 Å². The molecule has 1 rings (SSSR count). The second kappa shape index (κ2) is 5.66. The fourth-order valence-electron chi connectivity index (χ4n) is 1.28. The summed E-state index contributed by atoms with van der Waals surface area (Å²) in [5.74, 6) is 0.514. The Morgan fingerprint density at radius 2 is 2.00 bits per heavy atom. The number of hydrogen-bond donors (Lipinski definition) is 1. The van der Waals surface area contributed by atoms with Gasteiger partial charge in [0.15, 0.2) is 0 Å². The van der Waals surface area contributed by atoms with E-state index in [0.29, 0.717) is 5.75 Å². The van der Waals surface area contributed by atoms with E-state index in [1.807, 2.05) is 26.1 Å². The van der Waals surface area contributed by atoms with Gasteiger partial charge in [-0.1, -0.05) is 18.2 Å². The van der Waals surface area contributed by atoms with Gasteiger partial charge in [-0.25, -0.2) is 8.78 Å². The maximum atomic E-state index is 12.0. The molecule has 0 aliphatic carbocycles. The molecule has 2 nitrogen and oxygen atoms in total. The number of halogens is 2. The summed E-state index contributed by atoms with van der Waals surface area (Å²) in [5.41, 5.74) is 0.889. The van der Waals surface area contributed by atoms with Gasteiger partial charge in [-0.2, -0.15) is 0 Å². The molecule has 0 aromatic heterocycles. The van der Waals surface area contributed by atoms with Crippen molar-refractivity contribution in [2.24, 2.45) is 0 Å². The number of benzene rings is 1. The van der Waals surface area contributed by atoms with Crippen LogP contribution in [-0.4, -0.2) is 20.1 Å². The highest BCUT2D eigenvalue weighted by Gasteiger charge is 2.11. The third-order valence-electron chi connectivity index (χ3n) is 2.18. The van der Waals surface area contributed by atoms with Crippen molar-refractivity contribution in [1.82, 2.24) is 5.32 Å². The maximum absolute atomic E-state index is 12.0. The van der Waals surface area contributed by atoms with Crippen LogP contribution in [0.2, 0.25) is 0 Å². The summed E-state index contributed by atoms with van der Waals surface area (Å²) in [6.07, 6.45) is -2.44. The van der Waals surface area contributed by atoms with Gasteiger partial charge in [0, 0.05) is 11.6 Å². The zero-order valence-corrected chi connectivity index (χ0v) is 8.84. The monoisotopic (exact) mass is 215 g/mol. The number of alkyl halides is 2. The van der Waals surface area contributed by atoms with Crippen LogP contribution in [0.4, 0.5) is 8.78 Å². The molecule has 1 unspecified atom stereocenters. The molecule has 0 fully saturated rings. The van der Waals surface area contributed by atoms with Gasteiger partial charge in [0.25, 0.3) is 6.43 Å². The van der Waals surface area contributed by atoms with E-state index in [0.717, 1.165) is 5.56 Å². The second-order valence-electron chi connectivity index (χ2n) is 3.25. The molecular weight excluding hydrogens is 200 g/mol. The molecule has 0 bridgehead atoms. The molecule has 0 radical (unpaired) electrons. The summed E-state index contributed by atoms with van der Waals surface area (Å²) in [6.45, 7) is 1.39. The van der Waals surface area contributed by atoms with Crippen LogP contribution in [0.1, 0.15) is 18.5 Å². The number of para-hydroxylation sites is 1. The predicted octanol–water partition coefficient (Wildman–Crippen LogP) is 2.61. The van der Waals surface area contributed by atoms with Gasteiger partial charge in [-0.05, 0) is 20.0 Å². The Morgan fingerprint density at radius 3 is 2.60 bits per heavy atom. The van der Waals surface area contributed by atoms with Crippen molar-refractivity contribution in [3.8, 4) is 5.75 Å². The minimum atomic E-state index is -2.44. The SMILES string of the molecule is CNC(C)c1ccccc1OCC(F)F. The topological polar surface area (TPSA) is 21.3 Å². The van der Waals surface area contributed by atoms with Crippen LogP contribution < -0.4 is 10.1 Å². The summed E-state index contributed by atoms with van der Waals surface area (Å²) in [4.78, 5) is 0. The second-order valence-corrected chi connectivity index (χ2v) is 3.25. The predicted molar refractivity (Wildman–Crippen MR) is 55.4 cm³/mol. The fraction of sp³-hybridized carbons (Fsp3) is 0.455. The molecule has 15 heavy (non-hydrogen) atoms. The lowest BCUT2D eigenvalue weighted by Crippen LogP contribution is -2.15. The summed E-state index contributed by atoms with van der Waals surface area (Å²) >= 11 is 0. The van der Waals surface area contributed by atoms with Crippen molar-refractivity contribution >= 4 is 0 Å². The number of hydrogen-bond acceptors (Lipinski definition) is 2. The van der Waals surface area contributed by atoms with Crippen LogP contribution in [-0.2, 0) is 0 Å². The van der Waals surface area contributed by atoms with Crippen LogP contribution in [0.3, 0.4) is 0 Å². The average Bonchev–Trinajstić information content (AvgIpc) is 2.25. The van der Waals surface area contributed by atoms with E-state index in [1.165, 1.54) is 0 Å². The average molecular weight is 215 g/mol. The molecule has 0 saturated carbocycles. The molecule has 1 aromatic rings. The van der Waals surface area contributed by atoms with Crippen LogP contribution in [0.15, 0.2) is 24.3 Å². The standard InChI is InChI=1S/C11H15F2NO/c1-8(14-2)9-5-3-4-6-10(9)15-7-11(12)13/h3-6,8,11,14H,7H2,1-2H3. The van der Waals surface area contributed by atoms with E-state index >= 15 is 0 Å². The molecule has 1 aromatic carbocycles. The molecule has 0 saturated heterocycles. The van der Waals surface area contributed by atoms with Gasteiger partial charge in [0.1, 0.15) is 12.4 Å². The molecule has 1 atom stereocenters. The van der Waals surface area contributed by atoms with Crippen LogP contribution in [0.25, 0.3) is 0 Å². The highest BCUT2D eigenvalue weighted by atomic mass is 19.3. The Labute approximate surface area is 88.3 Å². The quantitative estimate of drug-likeness (QED) is 0.815. The third-order valence-corrected chi connectivity index (χ3v) is 2.18. The molecule has 0 aliphatic heterocycles. The molecule has 1 N–H and O–H groups in total. The summed E-state index contributed by atoms with van der Waals surface area (Å²) in [5, 5.41) is 3.04. The lowest BCUT2D eigenvalue weighted by Gasteiger charge is -2.16. The Balaban J connectivity index is 2.77. The van der Waals surface area contributed by atoms with Gasteiger partial charge >= 0.3 is 0 Å². The number of ether oxygens (including phenoxy) is 1. The lowest BCUT2D eigenvalue weighted by molar-refractivity contribution is 0.0812. The Hall–Kier alpha value is -1.16. The first-order chi connectivity index (χ1) is 7.15. The van der Waals surface area contributed by atoms with Gasteiger partial charge in [0.05, 0.1) is 0 Å². The van der Waals surface area contributed by atoms with Crippen molar-refractivity contribution in [3.05, 3.63) is 29.8 Å². The van der Waals surface area contributed by atoms with Crippen LogP contribution >= 0.6 is 0 Å². The van der Waals surface area contributed by atoms with Gasteiger partial charge in [-0.15, -0.1) is 0 Å². The Bertz CT molecular complexity index is 304. The van der Waals surface area contributed by atoms with E-state index in [-0.39, 0.29) is 6.04 Å². The minimum absolute atomic E-state index is 0.0823. The van der Waals surface area contributed by atoms with E-state index in [1.54, 1.807) is 12.1 Å². The highest BCUT2D eigenvalue weighted by Crippen LogP contribution is 2.24. The highest BCUT2D eigenvalue weighted by molar-refractivity contribution is 5.35. The van der Waals surface area contributed by atoms with Crippen molar-refractivity contribution in [2.75, 3.05) is 13.7 Å². The van der Waals surface area contributed by atoms with Crippen molar-refractivity contribution in [1.29, 1.82) is 0 Å². The lowest BCUT2D eigenvalue weighted by atomic mass is 10.1. The third kappa shape index (κ3) is 3.47. The van der Waals surface area contributed by atoms with Crippen molar-refractivity contribution in [2.45, 2.75) is 19.4 Å². The first-order valence-electron chi connectivity index (χ1n) is 4.82. The van der Waals surface area contributed by atoms with Gasteiger partial charge in [0.2, 0.25) is 0 Å². The molecule has 84 valence electrons. The Kier molecular flexibility index (Phi) is 4.49. The smallest absolute Gasteiger partial charge is 0.272 e. The largest absolute Gasteiger partial charge is 0.487 e. The molecule has 4 heteroatoms. The molecule has 0 amide bonds. The summed E-state index contributed by atoms with van der Waals surface area (Å²) < 4.78 is 29.0. The molecule has 0 spiro atoms. The first kappa shape index (κ1) is 11.9. The molecular formula is C11H15F2NO. The van der Waals surface area contributed by atoms with Gasteiger partial charge in [-0.3, -0.25) is 0 Å². The first-order valence-corrected chi connectivity index (χ1v) is 4.82. The fourth-order valence-corrected chi connectivity index (χ4v) is 1.28. The van der Waals surface area contributed by atoms with Crippen LogP contribution in [0, 0.1) is 0 Å².